The fraction of sp³-hybridized carbons (Fsp3) is 0.421. The molecule has 3 N–H and O–H groups in total. The van der Waals surface area contributed by atoms with E-state index in [2.05, 4.69) is 13.8 Å². The highest BCUT2D eigenvalue weighted by atomic mass is 32.1. The van der Waals surface area contributed by atoms with E-state index in [1.807, 2.05) is 31.3 Å². The Hall–Kier alpha value is -1.69. The summed E-state index contributed by atoms with van der Waals surface area (Å²) in [6.07, 6.45) is 2.90. The van der Waals surface area contributed by atoms with Crippen molar-refractivity contribution in [2.75, 3.05) is 7.05 Å². The van der Waals surface area contributed by atoms with Gasteiger partial charge in [-0.3, -0.25) is 5.84 Å². The standard InChI is InChI=1S/C19H24N2O2S/c1-19(2)9-8-15-14(10-19)16(18(22)23)17(24-15)13-7-5-4-6-12(13)11-21(3)20/h4-7H,8-11,20H2,1-3H3,(H,22,23). The molecule has 0 aliphatic heterocycles. The van der Waals surface area contributed by atoms with Gasteiger partial charge in [0.05, 0.1) is 5.56 Å². The normalized spacial score (nSPS) is 16.2. The van der Waals surface area contributed by atoms with Gasteiger partial charge in [-0.1, -0.05) is 38.1 Å². The number of hydrazine groups is 1. The third-order valence-corrected chi connectivity index (χ3v) is 6.00. The first-order valence-electron chi connectivity index (χ1n) is 8.20. The molecule has 4 nitrogen and oxygen atoms in total. The highest BCUT2D eigenvalue weighted by Crippen LogP contribution is 2.45. The second-order valence-corrected chi connectivity index (χ2v) is 8.53. The van der Waals surface area contributed by atoms with Crippen LogP contribution in [-0.4, -0.2) is 23.1 Å². The van der Waals surface area contributed by atoms with Gasteiger partial charge in [0.15, 0.2) is 0 Å². The molecule has 0 saturated heterocycles. The number of nitrogens with two attached hydrogens (primary N) is 1. The van der Waals surface area contributed by atoms with Crippen LogP contribution in [0, 0.1) is 5.41 Å². The molecule has 1 aromatic carbocycles. The largest absolute Gasteiger partial charge is 0.478 e. The maximum atomic E-state index is 12.0. The van der Waals surface area contributed by atoms with E-state index in [-0.39, 0.29) is 5.41 Å². The van der Waals surface area contributed by atoms with Gasteiger partial charge in [0.2, 0.25) is 0 Å². The van der Waals surface area contributed by atoms with Crippen LogP contribution in [0.25, 0.3) is 10.4 Å². The zero-order chi connectivity index (χ0) is 17.5. The van der Waals surface area contributed by atoms with E-state index in [1.54, 1.807) is 16.3 Å². The van der Waals surface area contributed by atoms with Crippen LogP contribution >= 0.6 is 11.3 Å². The highest BCUT2D eigenvalue weighted by Gasteiger charge is 2.33. The van der Waals surface area contributed by atoms with Gasteiger partial charge in [-0.15, -0.1) is 11.3 Å². The minimum absolute atomic E-state index is 0.159. The first-order chi connectivity index (χ1) is 11.3. The molecule has 0 atom stereocenters. The van der Waals surface area contributed by atoms with Gasteiger partial charge in [0, 0.05) is 23.3 Å². The molecule has 1 heterocycles. The second kappa shape index (κ2) is 6.31. The minimum atomic E-state index is -0.823. The summed E-state index contributed by atoms with van der Waals surface area (Å²) in [4.78, 5) is 14.2. The zero-order valence-electron chi connectivity index (χ0n) is 14.4. The molecule has 128 valence electrons. The van der Waals surface area contributed by atoms with Crippen molar-refractivity contribution in [3.05, 3.63) is 45.8 Å². The number of aryl methyl sites for hydroxylation is 1. The maximum absolute atomic E-state index is 12.0. The molecule has 0 unspecified atom stereocenters. The van der Waals surface area contributed by atoms with Crippen molar-refractivity contribution in [2.45, 2.75) is 39.7 Å². The molecule has 3 rings (SSSR count). The molecule has 0 bridgehead atoms. The Labute approximate surface area is 146 Å². The smallest absolute Gasteiger partial charge is 0.337 e. The van der Waals surface area contributed by atoms with Crippen molar-refractivity contribution < 1.29 is 9.90 Å². The predicted molar refractivity (Wildman–Crippen MR) is 98.2 cm³/mol. The van der Waals surface area contributed by atoms with Crippen molar-refractivity contribution >= 4 is 17.3 Å². The lowest BCUT2D eigenvalue weighted by molar-refractivity contribution is 0.0696. The number of carbonyl (C=O) groups is 1. The molecule has 1 aliphatic rings. The van der Waals surface area contributed by atoms with Crippen LogP contribution in [0.1, 0.15) is 46.6 Å². The van der Waals surface area contributed by atoms with Gasteiger partial charge >= 0.3 is 5.97 Å². The summed E-state index contributed by atoms with van der Waals surface area (Å²) in [5, 5.41) is 11.5. The summed E-state index contributed by atoms with van der Waals surface area (Å²) >= 11 is 1.65. The van der Waals surface area contributed by atoms with Crippen LogP contribution < -0.4 is 5.84 Å². The number of hydrogen-bond acceptors (Lipinski definition) is 4. The number of hydrogen-bond donors (Lipinski definition) is 2. The highest BCUT2D eigenvalue weighted by molar-refractivity contribution is 7.16. The monoisotopic (exact) mass is 344 g/mol. The van der Waals surface area contributed by atoms with Crippen LogP contribution in [0.2, 0.25) is 0 Å². The number of carboxylic acid groups (broad SMARTS) is 1. The molecule has 5 heteroatoms. The summed E-state index contributed by atoms with van der Waals surface area (Å²) in [5.41, 5.74) is 3.74. The molecule has 1 aromatic heterocycles. The summed E-state index contributed by atoms with van der Waals surface area (Å²) in [6.45, 7) is 5.02. The number of rotatable bonds is 4. The first-order valence-corrected chi connectivity index (χ1v) is 9.02. The van der Waals surface area contributed by atoms with E-state index in [0.717, 1.165) is 40.8 Å². The zero-order valence-corrected chi connectivity index (χ0v) is 15.2. The summed E-state index contributed by atoms with van der Waals surface area (Å²) in [7, 11) is 1.82. The Morgan fingerprint density at radius 2 is 2.08 bits per heavy atom. The van der Waals surface area contributed by atoms with E-state index in [1.165, 1.54) is 4.88 Å². The van der Waals surface area contributed by atoms with Crippen LogP contribution in [0.4, 0.5) is 0 Å². The quantitative estimate of drug-likeness (QED) is 0.651. The molecule has 24 heavy (non-hydrogen) atoms. The Kier molecular flexibility index (Phi) is 4.51. The van der Waals surface area contributed by atoms with Gasteiger partial charge in [-0.2, -0.15) is 0 Å². The average molecular weight is 344 g/mol. The molecular formula is C19H24N2O2S. The summed E-state index contributed by atoms with van der Waals surface area (Å²) in [6, 6.07) is 7.96. The number of benzene rings is 1. The Bertz CT molecular complexity index is 778. The van der Waals surface area contributed by atoms with E-state index < -0.39 is 5.97 Å². The fourth-order valence-corrected chi connectivity index (χ4v) is 4.85. The molecular weight excluding hydrogens is 320 g/mol. The van der Waals surface area contributed by atoms with Gasteiger partial charge in [-0.25, -0.2) is 9.80 Å². The number of thiophene rings is 1. The van der Waals surface area contributed by atoms with Gasteiger partial charge in [-0.05, 0) is 41.4 Å². The maximum Gasteiger partial charge on any atom is 0.337 e. The third kappa shape index (κ3) is 3.24. The van der Waals surface area contributed by atoms with E-state index in [9.17, 15) is 9.90 Å². The minimum Gasteiger partial charge on any atom is -0.478 e. The Balaban J connectivity index is 2.17. The van der Waals surface area contributed by atoms with Crippen LogP contribution in [0.15, 0.2) is 24.3 Å². The summed E-state index contributed by atoms with van der Waals surface area (Å²) < 4.78 is 0. The predicted octanol–water partition coefficient (Wildman–Crippen LogP) is 3.93. The second-order valence-electron chi connectivity index (χ2n) is 7.43. The molecule has 1 aliphatic carbocycles. The van der Waals surface area contributed by atoms with Crippen molar-refractivity contribution in [3.8, 4) is 10.4 Å². The molecule has 2 aromatic rings. The number of carboxylic acids is 1. The van der Waals surface area contributed by atoms with Gasteiger partial charge < -0.3 is 5.11 Å². The molecule has 0 spiro atoms. The van der Waals surface area contributed by atoms with E-state index in [4.69, 9.17) is 5.84 Å². The topological polar surface area (TPSA) is 66.6 Å². The Morgan fingerprint density at radius 3 is 2.75 bits per heavy atom. The number of fused-ring (bicyclic) bond motifs is 1. The first kappa shape index (κ1) is 17.1. The lowest BCUT2D eigenvalue weighted by atomic mass is 9.76. The van der Waals surface area contributed by atoms with Crippen LogP contribution in [-0.2, 0) is 19.4 Å². The SMILES string of the molecule is CN(N)Cc1ccccc1-c1sc2c(c1C(=O)O)CC(C)(C)CC2. The van der Waals surface area contributed by atoms with E-state index in [0.29, 0.717) is 12.1 Å². The lowest BCUT2D eigenvalue weighted by Crippen LogP contribution is -2.25. The fourth-order valence-electron chi connectivity index (χ4n) is 3.48. The van der Waals surface area contributed by atoms with Gasteiger partial charge in [0.1, 0.15) is 0 Å². The molecule has 0 saturated carbocycles. The van der Waals surface area contributed by atoms with Crippen molar-refractivity contribution in [3.63, 3.8) is 0 Å². The van der Waals surface area contributed by atoms with Gasteiger partial charge in [0.25, 0.3) is 0 Å². The lowest BCUT2D eigenvalue weighted by Gasteiger charge is -2.29. The third-order valence-electron chi connectivity index (χ3n) is 4.67. The van der Waals surface area contributed by atoms with E-state index >= 15 is 0 Å². The molecule has 0 fully saturated rings. The molecule has 0 amide bonds. The number of aromatic carboxylic acids is 1. The van der Waals surface area contributed by atoms with Crippen molar-refractivity contribution in [1.29, 1.82) is 0 Å². The van der Waals surface area contributed by atoms with Crippen molar-refractivity contribution in [2.24, 2.45) is 11.3 Å². The summed E-state index contributed by atoms with van der Waals surface area (Å²) in [5.74, 6) is 5.00. The van der Waals surface area contributed by atoms with Crippen LogP contribution in [0.3, 0.4) is 0 Å². The number of nitrogens with zero attached hydrogens (tertiary/aromatic N) is 1. The Morgan fingerprint density at radius 1 is 1.38 bits per heavy atom. The molecule has 0 radical (unpaired) electrons. The average Bonchev–Trinajstić information content (AvgIpc) is 2.84. The van der Waals surface area contributed by atoms with Crippen molar-refractivity contribution in [1.82, 2.24) is 5.01 Å². The van der Waals surface area contributed by atoms with Crippen LogP contribution in [0.5, 0.6) is 0 Å².